The number of hydrogen-bond donors (Lipinski definition) is 2. The van der Waals surface area contributed by atoms with Gasteiger partial charge in [0.1, 0.15) is 30.3 Å². The lowest BCUT2D eigenvalue weighted by Gasteiger charge is -2.24. The highest BCUT2D eigenvalue weighted by Crippen LogP contribution is 2.22. The summed E-state index contributed by atoms with van der Waals surface area (Å²) in [6.45, 7) is 0.765. The van der Waals surface area contributed by atoms with Crippen molar-refractivity contribution in [1.82, 2.24) is 9.88 Å². The van der Waals surface area contributed by atoms with Crippen LogP contribution in [0.3, 0.4) is 0 Å². The molecular formula is C31H37N3O4. The number of nitrogens with one attached hydrogen (secondary N) is 1. The predicted molar refractivity (Wildman–Crippen MR) is 151 cm³/mol. The molecular weight excluding hydrogens is 478 g/mol. The fourth-order valence-corrected chi connectivity index (χ4v) is 4.45. The number of aromatic nitrogens is 1. The molecule has 0 radical (unpaired) electrons. The number of ether oxygens (including phenoxy) is 3. The van der Waals surface area contributed by atoms with Crippen LogP contribution >= 0.6 is 0 Å². The minimum Gasteiger partial charge on any atom is -0.497 e. The summed E-state index contributed by atoms with van der Waals surface area (Å²) in [5.74, 6) is 1.20. The van der Waals surface area contributed by atoms with Gasteiger partial charge < -0.3 is 29.8 Å². The standard InChI is InChI=1S/C31H37N3O4/c1-34(2)20-27(38-31(35)28(32)19-25-18-24-9-4-6-10-29(24)33-25)21-37-30-11-7-5-8-23(30)15-12-22-13-16-26(36-3)17-14-22/h4-11,13-14,16-18,27-28,33H,12,15,19-21,32H2,1-3H3/t27-,28+/m0/s1. The van der Waals surface area contributed by atoms with Crippen molar-refractivity contribution in [2.75, 3.05) is 34.4 Å². The monoisotopic (exact) mass is 515 g/mol. The van der Waals surface area contributed by atoms with Gasteiger partial charge in [-0.25, -0.2) is 0 Å². The van der Waals surface area contributed by atoms with E-state index in [4.69, 9.17) is 19.9 Å². The topological polar surface area (TPSA) is 89.8 Å². The average Bonchev–Trinajstić information content (AvgIpc) is 3.33. The minimum atomic E-state index is -0.774. The van der Waals surface area contributed by atoms with E-state index in [2.05, 4.69) is 23.2 Å². The summed E-state index contributed by atoms with van der Waals surface area (Å²) >= 11 is 0. The maximum Gasteiger partial charge on any atom is 0.323 e. The van der Waals surface area contributed by atoms with Gasteiger partial charge in [0.15, 0.2) is 0 Å². The lowest BCUT2D eigenvalue weighted by atomic mass is 10.0. The quantitative estimate of drug-likeness (QED) is 0.257. The van der Waals surface area contributed by atoms with E-state index in [1.54, 1.807) is 7.11 Å². The number of nitrogens with zero attached hydrogens (tertiary/aromatic N) is 1. The van der Waals surface area contributed by atoms with E-state index in [9.17, 15) is 4.79 Å². The van der Waals surface area contributed by atoms with Crippen molar-refractivity contribution in [3.8, 4) is 11.5 Å². The van der Waals surface area contributed by atoms with Gasteiger partial charge in [0, 0.05) is 24.2 Å². The summed E-state index contributed by atoms with van der Waals surface area (Å²) in [5, 5.41) is 1.09. The van der Waals surface area contributed by atoms with Crippen molar-refractivity contribution in [3.05, 3.63) is 95.7 Å². The molecule has 0 spiro atoms. The third kappa shape index (κ3) is 7.60. The van der Waals surface area contributed by atoms with Crippen LogP contribution < -0.4 is 15.2 Å². The van der Waals surface area contributed by atoms with Crippen LogP contribution in [0.2, 0.25) is 0 Å². The number of carbonyl (C=O) groups excluding carboxylic acids is 1. The SMILES string of the molecule is COc1ccc(CCc2ccccc2OC[C@H](CN(C)C)OC(=O)[C@H](N)Cc2cc3ccccc3[nH]2)cc1. The number of likely N-dealkylation sites (N-methyl/N-ethyl adjacent to an activating group) is 1. The smallest absolute Gasteiger partial charge is 0.323 e. The van der Waals surface area contributed by atoms with Gasteiger partial charge in [-0.15, -0.1) is 0 Å². The number of nitrogens with two attached hydrogens (primary N) is 1. The first-order valence-electron chi connectivity index (χ1n) is 12.9. The van der Waals surface area contributed by atoms with Crippen molar-refractivity contribution in [1.29, 1.82) is 0 Å². The number of para-hydroxylation sites is 2. The molecule has 0 aliphatic rings. The van der Waals surface area contributed by atoms with Gasteiger partial charge in [-0.3, -0.25) is 4.79 Å². The lowest BCUT2D eigenvalue weighted by Crippen LogP contribution is -2.41. The highest BCUT2D eigenvalue weighted by Gasteiger charge is 2.23. The zero-order valence-electron chi connectivity index (χ0n) is 22.4. The Kier molecular flexibility index (Phi) is 9.40. The molecule has 2 atom stereocenters. The van der Waals surface area contributed by atoms with E-state index in [-0.39, 0.29) is 6.61 Å². The molecule has 0 aliphatic heterocycles. The van der Waals surface area contributed by atoms with E-state index >= 15 is 0 Å². The summed E-state index contributed by atoms with van der Waals surface area (Å²) in [4.78, 5) is 18.2. The Morgan fingerprint density at radius 1 is 0.974 bits per heavy atom. The molecule has 3 aromatic carbocycles. The fourth-order valence-electron chi connectivity index (χ4n) is 4.45. The summed E-state index contributed by atoms with van der Waals surface area (Å²) in [7, 11) is 5.54. The van der Waals surface area contributed by atoms with Gasteiger partial charge in [0.05, 0.1) is 7.11 Å². The van der Waals surface area contributed by atoms with E-state index in [0.717, 1.165) is 46.5 Å². The van der Waals surface area contributed by atoms with Gasteiger partial charge in [0.25, 0.3) is 0 Å². The Morgan fingerprint density at radius 2 is 1.71 bits per heavy atom. The highest BCUT2D eigenvalue weighted by atomic mass is 16.6. The zero-order chi connectivity index (χ0) is 26.9. The molecule has 0 fully saturated rings. The van der Waals surface area contributed by atoms with Gasteiger partial charge in [0.2, 0.25) is 0 Å². The Labute approximate surface area is 224 Å². The third-order valence-electron chi connectivity index (χ3n) is 6.42. The van der Waals surface area contributed by atoms with Crippen LogP contribution in [0, 0.1) is 0 Å². The van der Waals surface area contributed by atoms with Crippen LogP contribution in [0.15, 0.2) is 78.9 Å². The highest BCUT2D eigenvalue weighted by molar-refractivity contribution is 5.81. The molecule has 0 aliphatic carbocycles. The second-order valence-corrected chi connectivity index (χ2v) is 9.78. The molecule has 7 nitrogen and oxygen atoms in total. The van der Waals surface area contributed by atoms with Gasteiger partial charge in [-0.2, -0.15) is 0 Å². The van der Waals surface area contributed by atoms with Crippen LogP contribution in [0.1, 0.15) is 16.8 Å². The van der Waals surface area contributed by atoms with Crippen molar-refractivity contribution < 1.29 is 19.0 Å². The molecule has 3 N–H and O–H groups in total. The number of esters is 1. The molecule has 0 amide bonds. The maximum absolute atomic E-state index is 12.9. The first-order chi connectivity index (χ1) is 18.4. The Bertz CT molecular complexity index is 1280. The first-order valence-corrected chi connectivity index (χ1v) is 12.9. The molecule has 0 bridgehead atoms. The molecule has 0 saturated heterocycles. The second kappa shape index (κ2) is 13.1. The fraction of sp³-hybridized carbons (Fsp3) is 0.323. The second-order valence-electron chi connectivity index (χ2n) is 9.78. The Balaban J connectivity index is 1.34. The van der Waals surface area contributed by atoms with Crippen molar-refractivity contribution >= 4 is 16.9 Å². The lowest BCUT2D eigenvalue weighted by molar-refractivity contribution is -0.152. The molecule has 1 heterocycles. The van der Waals surface area contributed by atoms with E-state index in [1.807, 2.05) is 79.7 Å². The molecule has 4 aromatic rings. The van der Waals surface area contributed by atoms with Crippen molar-refractivity contribution in [3.63, 3.8) is 0 Å². The van der Waals surface area contributed by atoms with Gasteiger partial charge >= 0.3 is 5.97 Å². The largest absolute Gasteiger partial charge is 0.497 e. The summed E-state index contributed by atoms with van der Waals surface area (Å²) in [6.07, 6.45) is 1.62. The van der Waals surface area contributed by atoms with Crippen molar-refractivity contribution in [2.45, 2.75) is 31.4 Å². The van der Waals surface area contributed by atoms with Gasteiger partial charge in [-0.05, 0) is 73.8 Å². The van der Waals surface area contributed by atoms with E-state index < -0.39 is 18.1 Å². The van der Waals surface area contributed by atoms with Crippen molar-refractivity contribution in [2.24, 2.45) is 5.73 Å². The number of hydrogen-bond acceptors (Lipinski definition) is 6. The maximum atomic E-state index is 12.9. The molecule has 200 valence electrons. The molecule has 1 aromatic heterocycles. The summed E-state index contributed by atoms with van der Waals surface area (Å²) < 4.78 is 17.3. The zero-order valence-corrected chi connectivity index (χ0v) is 22.4. The van der Waals surface area contributed by atoms with Gasteiger partial charge in [-0.1, -0.05) is 48.5 Å². The number of H-pyrrole nitrogens is 1. The summed E-state index contributed by atoms with van der Waals surface area (Å²) in [6, 6.07) is 25.3. The van der Waals surface area contributed by atoms with E-state index in [0.29, 0.717) is 13.0 Å². The third-order valence-corrected chi connectivity index (χ3v) is 6.42. The Morgan fingerprint density at radius 3 is 2.45 bits per heavy atom. The normalized spacial score (nSPS) is 12.9. The predicted octanol–water partition coefficient (Wildman–Crippen LogP) is 4.38. The number of rotatable bonds is 13. The van der Waals surface area contributed by atoms with Crippen LogP contribution in [-0.2, 0) is 28.8 Å². The molecule has 4 rings (SSSR count). The number of benzene rings is 3. The van der Waals surface area contributed by atoms with E-state index in [1.165, 1.54) is 5.56 Å². The number of fused-ring (bicyclic) bond motifs is 1. The molecule has 38 heavy (non-hydrogen) atoms. The molecule has 0 unspecified atom stereocenters. The van der Waals surface area contributed by atoms with Crippen LogP contribution in [0.25, 0.3) is 10.9 Å². The first kappa shape index (κ1) is 27.2. The number of aromatic amines is 1. The molecule has 7 heteroatoms. The average molecular weight is 516 g/mol. The summed E-state index contributed by atoms with van der Waals surface area (Å²) in [5.41, 5.74) is 10.5. The number of aryl methyl sites for hydroxylation is 2. The molecule has 0 saturated carbocycles. The number of methoxy groups -OCH3 is 1. The minimum absolute atomic E-state index is 0.239. The van der Waals surface area contributed by atoms with Crippen LogP contribution in [0.5, 0.6) is 11.5 Å². The Hall–Kier alpha value is -3.81. The van der Waals surface area contributed by atoms with Crippen LogP contribution in [0.4, 0.5) is 0 Å². The van der Waals surface area contributed by atoms with Crippen LogP contribution in [-0.4, -0.2) is 62.4 Å². The number of carbonyl (C=O) groups is 1.